The van der Waals surface area contributed by atoms with Gasteiger partial charge in [-0.2, -0.15) is 18.4 Å². The molecule has 0 radical (unpaired) electrons. The second-order valence-corrected chi connectivity index (χ2v) is 9.63. The first-order valence-corrected chi connectivity index (χ1v) is 12.1. The Labute approximate surface area is 215 Å². The summed E-state index contributed by atoms with van der Waals surface area (Å²) in [7, 11) is 0. The van der Waals surface area contributed by atoms with E-state index in [9.17, 15) is 27.9 Å². The van der Waals surface area contributed by atoms with Crippen LogP contribution in [0.1, 0.15) is 71.0 Å². The van der Waals surface area contributed by atoms with E-state index >= 15 is 0 Å². The number of allylic oxidation sites excluding steroid dienone is 1. The van der Waals surface area contributed by atoms with Gasteiger partial charge in [0.2, 0.25) is 0 Å². The minimum absolute atomic E-state index is 0.0120. The van der Waals surface area contributed by atoms with Crippen molar-refractivity contribution in [3.8, 4) is 11.8 Å². The second-order valence-electron chi connectivity index (χ2n) is 9.63. The first kappa shape index (κ1) is 24.2. The fourth-order valence-electron chi connectivity index (χ4n) is 5.14. The zero-order chi connectivity index (χ0) is 26.8. The van der Waals surface area contributed by atoms with E-state index in [4.69, 9.17) is 4.74 Å². The number of halogens is 4. The molecule has 6 rings (SSSR count). The first-order valence-electron chi connectivity index (χ1n) is 12.1. The second kappa shape index (κ2) is 8.71. The smallest absolute Gasteiger partial charge is 0.419 e. The largest absolute Gasteiger partial charge is 0.488 e. The molecule has 2 aliphatic rings. The molecule has 1 aliphatic carbocycles. The fourth-order valence-corrected chi connectivity index (χ4v) is 5.14. The number of ether oxygens (including phenoxy) is 1. The molecule has 0 bridgehead atoms. The van der Waals surface area contributed by atoms with Gasteiger partial charge in [0, 0.05) is 34.9 Å². The number of hydrogen-bond donors (Lipinski definition) is 1. The summed E-state index contributed by atoms with van der Waals surface area (Å²) in [6.07, 6.45) is -2.79. The van der Waals surface area contributed by atoms with Gasteiger partial charge in [-0.25, -0.2) is 9.37 Å². The number of alkyl halides is 3. The average Bonchev–Trinajstić information content (AvgIpc) is 3.69. The molecule has 192 valence electrons. The molecule has 0 spiro atoms. The quantitative estimate of drug-likeness (QED) is 0.242. The summed E-state index contributed by atoms with van der Waals surface area (Å²) in [6.45, 7) is 1.72. The van der Waals surface area contributed by atoms with Gasteiger partial charge in [-0.15, -0.1) is 0 Å². The normalized spacial score (nSPS) is 17.2. The molecule has 1 aliphatic heterocycles. The Bertz CT molecular complexity index is 1680. The third kappa shape index (κ3) is 3.92. The maximum Gasteiger partial charge on any atom is 0.419 e. The highest BCUT2D eigenvalue weighted by molar-refractivity contribution is 5.88. The van der Waals surface area contributed by atoms with Gasteiger partial charge in [0.15, 0.2) is 0 Å². The average molecular weight is 519 g/mol. The van der Waals surface area contributed by atoms with Gasteiger partial charge < -0.3 is 14.2 Å². The molecule has 38 heavy (non-hydrogen) atoms. The van der Waals surface area contributed by atoms with Crippen molar-refractivity contribution in [3.05, 3.63) is 105 Å². The molecule has 5 nitrogen and oxygen atoms in total. The zero-order valence-corrected chi connectivity index (χ0v) is 20.2. The van der Waals surface area contributed by atoms with Gasteiger partial charge in [0.25, 0.3) is 0 Å². The van der Waals surface area contributed by atoms with Gasteiger partial charge in [0.1, 0.15) is 29.9 Å². The molecule has 0 amide bonds. The molecule has 1 unspecified atom stereocenters. The predicted molar refractivity (Wildman–Crippen MR) is 131 cm³/mol. The highest BCUT2D eigenvalue weighted by atomic mass is 19.4. The first-order chi connectivity index (χ1) is 18.2. The van der Waals surface area contributed by atoms with Crippen molar-refractivity contribution in [1.82, 2.24) is 9.38 Å². The number of hydrogen-bond acceptors (Lipinski definition) is 4. The summed E-state index contributed by atoms with van der Waals surface area (Å²) in [4.78, 5) is 4.35. The third-order valence-corrected chi connectivity index (χ3v) is 7.10. The Morgan fingerprint density at radius 3 is 2.63 bits per heavy atom. The molecule has 2 aromatic carbocycles. The highest BCUT2D eigenvalue weighted by Gasteiger charge is 2.38. The van der Waals surface area contributed by atoms with Crippen molar-refractivity contribution in [2.75, 3.05) is 0 Å². The van der Waals surface area contributed by atoms with E-state index in [0.29, 0.717) is 50.5 Å². The monoisotopic (exact) mass is 519 g/mol. The topological polar surface area (TPSA) is 70.5 Å². The van der Waals surface area contributed by atoms with Crippen LogP contribution in [0.25, 0.3) is 11.2 Å². The van der Waals surface area contributed by atoms with E-state index in [1.165, 1.54) is 28.8 Å². The van der Waals surface area contributed by atoms with Crippen LogP contribution in [-0.2, 0) is 12.8 Å². The molecule has 0 saturated heterocycles. The lowest BCUT2D eigenvalue weighted by Gasteiger charge is -2.17. The molecular weight excluding hydrogens is 498 g/mol. The van der Waals surface area contributed by atoms with Gasteiger partial charge in [-0.3, -0.25) is 0 Å². The summed E-state index contributed by atoms with van der Waals surface area (Å²) >= 11 is 0. The number of nitrogens with zero attached hydrogens (tertiary/aromatic N) is 3. The number of imidazole rings is 1. The molecule has 1 N–H and O–H groups in total. The maximum absolute atomic E-state index is 14.0. The number of aliphatic hydroxyl groups is 1. The predicted octanol–water partition coefficient (Wildman–Crippen LogP) is 6.69. The molecule has 4 aromatic rings. The summed E-state index contributed by atoms with van der Waals surface area (Å²) in [5.74, 6) is -0.189. The van der Waals surface area contributed by atoms with Crippen molar-refractivity contribution in [3.63, 3.8) is 0 Å². The van der Waals surface area contributed by atoms with Crippen LogP contribution in [0.15, 0.2) is 60.3 Å². The number of rotatable bonds is 3. The number of pyridine rings is 1. The van der Waals surface area contributed by atoms with Gasteiger partial charge in [0.05, 0.1) is 23.0 Å². The molecule has 1 saturated carbocycles. The van der Waals surface area contributed by atoms with Gasteiger partial charge in [-0.1, -0.05) is 12.1 Å². The number of aromatic nitrogens is 2. The Kier molecular flexibility index (Phi) is 5.54. The van der Waals surface area contributed by atoms with E-state index < -0.39 is 23.7 Å². The lowest BCUT2D eigenvalue weighted by Crippen LogP contribution is -2.10. The standard InChI is InChI=1S/C29H21F4N3O2/c1-15(13-34)24-20-8-6-17(11-18(20)14-38-23-12-19(30)7-9-21(23)24)27(37)26-25(16-4-5-16)35-28-22(29(31,32)33)3-2-10-36(26)28/h2-3,6-12,16,27,37H,4-5,14H2,1H3. The molecule has 9 heteroatoms. The SMILES string of the molecule is CC(C#N)=C1c2ccc(C(O)c3c(C4CC4)nc4c(C(F)(F)F)cccn34)cc2COc2cc(F)ccc21. The molecular formula is C29H21F4N3O2. The van der Waals surface area contributed by atoms with E-state index in [-0.39, 0.29) is 18.2 Å². The third-order valence-electron chi connectivity index (χ3n) is 7.10. The number of aliphatic hydroxyl groups excluding tert-OH is 1. The molecule has 2 aromatic heterocycles. The van der Waals surface area contributed by atoms with Crippen molar-refractivity contribution in [2.24, 2.45) is 0 Å². The maximum atomic E-state index is 14.0. The van der Waals surface area contributed by atoms with Gasteiger partial charge >= 0.3 is 6.18 Å². The Hall–Kier alpha value is -4.16. The summed E-state index contributed by atoms with van der Waals surface area (Å²) in [5, 5.41) is 21.2. The van der Waals surface area contributed by atoms with Gasteiger partial charge in [-0.05, 0) is 66.8 Å². The number of nitriles is 1. The van der Waals surface area contributed by atoms with Crippen LogP contribution in [0.2, 0.25) is 0 Å². The lowest BCUT2D eigenvalue weighted by molar-refractivity contribution is -0.136. The van der Waals surface area contributed by atoms with E-state index in [1.807, 2.05) is 0 Å². The lowest BCUT2D eigenvalue weighted by atomic mass is 9.89. The van der Waals surface area contributed by atoms with Crippen LogP contribution in [0.5, 0.6) is 5.75 Å². The number of benzene rings is 2. The van der Waals surface area contributed by atoms with Crippen LogP contribution in [0.4, 0.5) is 17.6 Å². The Morgan fingerprint density at radius 1 is 1.16 bits per heavy atom. The van der Waals surface area contributed by atoms with Crippen molar-refractivity contribution in [1.29, 1.82) is 5.26 Å². The van der Waals surface area contributed by atoms with Crippen molar-refractivity contribution >= 4 is 11.2 Å². The number of fused-ring (bicyclic) bond motifs is 3. The molecule has 3 heterocycles. The fraction of sp³-hybridized carbons (Fsp3) is 0.241. The summed E-state index contributed by atoms with van der Waals surface area (Å²) < 4.78 is 62.3. The van der Waals surface area contributed by atoms with E-state index in [1.54, 1.807) is 31.2 Å². The summed E-state index contributed by atoms with van der Waals surface area (Å²) in [5.41, 5.74) is 3.06. The minimum atomic E-state index is -4.59. The van der Waals surface area contributed by atoms with Crippen LogP contribution in [-0.4, -0.2) is 14.5 Å². The van der Waals surface area contributed by atoms with Crippen molar-refractivity contribution in [2.45, 2.75) is 44.6 Å². The molecule has 1 fully saturated rings. The van der Waals surface area contributed by atoms with E-state index in [2.05, 4.69) is 11.1 Å². The molecule has 1 atom stereocenters. The Balaban J connectivity index is 1.49. The van der Waals surface area contributed by atoms with Crippen LogP contribution < -0.4 is 4.74 Å². The van der Waals surface area contributed by atoms with Crippen LogP contribution in [0, 0.1) is 17.1 Å². The minimum Gasteiger partial charge on any atom is -0.488 e. The Morgan fingerprint density at radius 2 is 1.92 bits per heavy atom. The van der Waals surface area contributed by atoms with Crippen molar-refractivity contribution < 1.29 is 27.4 Å². The van der Waals surface area contributed by atoms with Crippen LogP contribution in [0.3, 0.4) is 0 Å². The summed E-state index contributed by atoms with van der Waals surface area (Å²) in [6, 6.07) is 13.7. The zero-order valence-electron chi connectivity index (χ0n) is 20.2. The van der Waals surface area contributed by atoms with E-state index in [0.717, 1.165) is 18.9 Å². The highest BCUT2D eigenvalue weighted by Crippen LogP contribution is 2.46. The van der Waals surface area contributed by atoms with Crippen LogP contribution >= 0.6 is 0 Å².